The van der Waals surface area contributed by atoms with E-state index < -0.39 is 0 Å². The lowest BCUT2D eigenvalue weighted by Gasteiger charge is -2.06. The number of nitrogens with zero attached hydrogens (tertiary/aromatic N) is 3. The van der Waals surface area contributed by atoms with Crippen molar-refractivity contribution >= 4 is 57.2 Å². The van der Waals surface area contributed by atoms with Crippen LogP contribution in [0.4, 0.5) is 0 Å². The number of aryl methyl sites for hydroxylation is 2. The van der Waals surface area contributed by atoms with Crippen LogP contribution in [0.3, 0.4) is 0 Å². The third-order valence-electron chi connectivity index (χ3n) is 3.02. The summed E-state index contributed by atoms with van der Waals surface area (Å²) < 4.78 is 2.08. The van der Waals surface area contributed by atoms with E-state index in [1.165, 1.54) is 0 Å². The van der Waals surface area contributed by atoms with Gasteiger partial charge in [-0.15, -0.1) is 22.9 Å². The molecular formula is C13H10Cl3N3S. The van der Waals surface area contributed by atoms with Gasteiger partial charge in [0.2, 0.25) is 0 Å². The van der Waals surface area contributed by atoms with Crippen molar-refractivity contribution in [3.8, 4) is 0 Å². The average molecular weight is 347 g/mol. The molecule has 0 aliphatic heterocycles. The van der Waals surface area contributed by atoms with E-state index in [1.54, 1.807) is 17.4 Å². The molecule has 0 radical (unpaired) electrons. The van der Waals surface area contributed by atoms with Crippen LogP contribution in [0.15, 0.2) is 23.7 Å². The highest BCUT2D eigenvalue weighted by Crippen LogP contribution is 2.29. The highest BCUT2D eigenvalue weighted by atomic mass is 35.5. The Hall–Kier alpha value is -0.810. The Bertz CT molecular complexity index is 737. The monoisotopic (exact) mass is 345 g/mol. The lowest BCUT2D eigenvalue weighted by molar-refractivity contribution is 0.685. The van der Waals surface area contributed by atoms with Crippen LogP contribution >= 0.6 is 46.1 Å². The predicted octanol–water partition coefficient (Wildman–Crippen LogP) is 4.78. The molecule has 0 atom stereocenters. The zero-order valence-corrected chi connectivity index (χ0v) is 13.4. The van der Waals surface area contributed by atoms with Crippen LogP contribution in [0.2, 0.25) is 10.0 Å². The van der Waals surface area contributed by atoms with Gasteiger partial charge in [0.1, 0.15) is 5.82 Å². The van der Waals surface area contributed by atoms with Crippen molar-refractivity contribution in [3.63, 3.8) is 0 Å². The second-order valence-corrected chi connectivity index (χ2v) is 6.30. The lowest BCUT2D eigenvalue weighted by atomic mass is 10.3. The lowest BCUT2D eigenvalue weighted by Crippen LogP contribution is -2.05. The number of aromatic nitrogens is 3. The molecule has 0 N–H and O–H groups in total. The minimum Gasteiger partial charge on any atom is -0.327 e. The molecule has 0 aliphatic carbocycles. The summed E-state index contributed by atoms with van der Waals surface area (Å²) in [7, 11) is 0. The molecule has 0 spiro atoms. The second-order valence-electron chi connectivity index (χ2n) is 4.24. The molecular weight excluding hydrogens is 337 g/mol. The summed E-state index contributed by atoms with van der Waals surface area (Å²) in [6.45, 7) is 0.768. The van der Waals surface area contributed by atoms with Gasteiger partial charge in [-0.1, -0.05) is 23.2 Å². The number of alkyl halides is 1. The van der Waals surface area contributed by atoms with Crippen molar-refractivity contribution in [1.29, 1.82) is 0 Å². The van der Waals surface area contributed by atoms with Crippen LogP contribution in [0.5, 0.6) is 0 Å². The number of halogens is 3. The number of thiazole rings is 1. The molecule has 2 aromatic heterocycles. The van der Waals surface area contributed by atoms with E-state index in [1.807, 2.05) is 17.6 Å². The van der Waals surface area contributed by atoms with Crippen LogP contribution in [0, 0.1) is 0 Å². The van der Waals surface area contributed by atoms with E-state index in [4.69, 9.17) is 34.8 Å². The maximum atomic E-state index is 6.10. The van der Waals surface area contributed by atoms with Gasteiger partial charge < -0.3 is 4.57 Å². The minimum atomic E-state index is 0.349. The molecule has 7 heteroatoms. The number of hydrogen-bond donors (Lipinski definition) is 0. The second kappa shape index (κ2) is 5.90. The molecule has 0 amide bonds. The van der Waals surface area contributed by atoms with Gasteiger partial charge in [-0.3, -0.25) is 0 Å². The van der Waals surface area contributed by atoms with Crippen molar-refractivity contribution in [2.75, 3.05) is 0 Å². The van der Waals surface area contributed by atoms with Gasteiger partial charge in [0.25, 0.3) is 0 Å². The smallest absolute Gasteiger partial charge is 0.124 e. The maximum absolute atomic E-state index is 6.10. The Kier molecular flexibility index (Phi) is 4.17. The predicted molar refractivity (Wildman–Crippen MR) is 85.1 cm³/mol. The first-order valence-corrected chi connectivity index (χ1v) is 8.14. The molecule has 0 bridgehead atoms. The fourth-order valence-corrected chi connectivity index (χ4v) is 3.23. The van der Waals surface area contributed by atoms with Gasteiger partial charge in [-0.25, -0.2) is 9.97 Å². The van der Waals surface area contributed by atoms with Gasteiger partial charge in [0.15, 0.2) is 0 Å². The van der Waals surface area contributed by atoms with Gasteiger partial charge in [-0.05, 0) is 12.1 Å². The van der Waals surface area contributed by atoms with Crippen molar-refractivity contribution < 1.29 is 0 Å². The Morgan fingerprint density at radius 1 is 1.20 bits per heavy atom. The molecule has 3 aromatic rings. The van der Waals surface area contributed by atoms with Crippen LogP contribution < -0.4 is 0 Å². The topological polar surface area (TPSA) is 30.7 Å². The van der Waals surface area contributed by atoms with Crippen LogP contribution in [0.25, 0.3) is 11.0 Å². The summed E-state index contributed by atoms with van der Waals surface area (Å²) >= 11 is 19.7. The first kappa shape index (κ1) is 14.1. The average Bonchev–Trinajstić information content (AvgIpc) is 3.05. The highest BCUT2D eigenvalue weighted by Gasteiger charge is 2.12. The summed E-state index contributed by atoms with van der Waals surface area (Å²) in [6.07, 6.45) is 2.65. The molecule has 3 rings (SSSR count). The molecule has 1 aromatic carbocycles. The van der Waals surface area contributed by atoms with Gasteiger partial charge in [-0.2, -0.15) is 0 Å². The van der Waals surface area contributed by atoms with Crippen molar-refractivity contribution in [2.45, 2.75) is 18.8 Å². The number of rotatable bonds is 4. The van der Waals surface area contributed by atoms with E-state index in [0.717, 1.165) is 34.8 Å². The first-order valence-electron chi connectivity index (χ1n) is 5.97. The SMILES string of the molecule is ClCc1nc2cc(Cl)c(Cl)cc2n1CCc1nccs1. The molecule has 104 valence electrons. The summed E-state index contributed by atoms with van der Waals surface area (Å²) in [5.74, 6) is 1.17. The van der Waals surface area contributed by atoms with E-state index in [9.17, 15) is 0 Å². The van der Waals surface area contributed by atoms with Gasteiger partial charge >= 0.3 is 0 Å². The summed E-state index contributed by atoms with van der Waals surface area (Å²) in [5, 5.41) is 4.09. The minimum absolute atomic E-state index is 0.349. The zero-order chi connectivity index (χ0) is 14.1. The normalized spacial score (nSPS) is 11.3. The van der Waals surface area contributed by atoms with Crippen LogP contribution in [0.1, 0.15) is 10.8 Å². The van der Waals surface area contributed by atoms with Gasteiger partial charge in [0, 0.05) is 24.5 Å². The van der Waals surface area contributed by atoms with Gasteiger partial charge in [0.05, 0.1) is 32.0 Å². The third kappa shape index (κ3) is 2.66. The third-order valence-corrected chi connectivity index (χ3v) is 4.82. The molecule has 20 heavy (non-hydrogen) atoms. The quantitative estimate of drug-likeness (QED) is 0.636. The van der Waals surface area contributed by atoms with E-state index in [2.05, 4.69) is 14.5 Å². The van der Waals surface area contributed by atoms with Crippen LogP contribution in [-0.2, 0) is 18.8 Å². The molecule has 0 fully saturated rings. The fourth-order valence-electron chi connectivity index (χ4n) is 2.11. The largest absolute Gasteiger partial charge is 0.327 e. The maximum Gasteiger partial charge on any atom is 0.124 e. The fraction of sp³-hybridized carbons (Fsp3) is 0.231. The highest BCUT2D eigenvalue weighted by molar-refractivity contribution is 7.09. The first-order chi connectivity index (χ1) is 9.69. The van der Waals surface area contributed by atoms with E-state index >= 15 is 0 Å². The molecule has 2 heterocycles. The Labute approximate surface area is 135 Å². The number of fused-ring (bicyclic) bond motifs is 1. The van der Waals surface area contributed by atoms with Crippen molar-refractivity contribution in [1.82, 2.24) is 14.5 Å². The molecule has 3 nitrogen and oxygen atoms in total. The summed E-state index contributed by atoms with van der Waals surface area (Å²) in [5.41, 5.74) is 1.76. The number of hydrogen-bond acceptors (Lipinski definition) is 3. The van der Waals surface area contributed by atoms with E-state index in [0.29, 0.717) is 15.9 Å². The Balaban J connectivity index is 2.01. The van der Waals surface area contributed by atoms with Crippen molar-refractivity contribution in [3.05, 3.63) is 44.6 Å². The Morgan fingerprint density at radius 2 is 2.00 bits per heavy atom. The number of imidazole rings is 1. The molecule has 0 saturated heterocycles. The summed E-state index contributed by atoms with van der Waals surface area (Å²) in [4.78, 5) is 8.79. The van der Waals surface area contributed by atoms with E-state index in [-0.39, 0.29) is 0 Å². The van der Waals surface area contributed by atoms with Crippen LogP contribution in [-0.4, -0.2) is 14.5 Å². The standard InChI is InChI=1S/C13H10Cl3N3S/c14-7-12-18-10-5-8(15)9(16)6-11(10)19(12)3-1-13-17-2-4-20-13/h2,4-6H,1,3,7H2. The number of benzene rings is 1. The zero-order valence-electron chi connectivity index (χ0n) is 10.3. The molecule has 0 unspecified atom stereocenters. The van der Waals surface area contributed by atoms with Crippen molar-refractivity contribution in [2.24, 2.45) is 0 Å². The molecule has 0 aliphatic rings. The molecule has 0 saturated carbocycles. The Morgan fingerprint density at radius 3 is 2.70 bits per heavy atom. The summed E-state index contributed by atoms with van der Waals surface area (Å²) in [6, 6.07) is 3.61.